The minimum atomic E-state index is -3.80. The molecule has 0 bridgehead atoms. The Morgan fingerprint density at radius 3 is 2.19 bits per heavy atom. The third kappa shape index (κ3) is 4.10. The van der Waals surface area contributed by atoms with E-state index in [-0.39, 0.29) is 4.90 Å². The molecule has 140 valence electrons. The molecule has 0 aliphatic rings. The van der Waals surface area contributed by atoms with Gasteiger partial charge in [-0.1, -0.05) is 41.9 Å². The number of sulfonamides is 1. The Labute approximate surface area is 165 Å². The number of halogens is 1. The van der Waals surface area contributed by atoms with E-state index in [0.29, 0.717) is 16.5 Å². The SMILES string of the molecule is COc1ccc(S(=O)(=O)N(c2ccccc2)[C@@H](C)c2cccc(Cl)c2)cc1. The van der Waals surface area contributed by atoms with E-state index in [9.17, 15) is 8.42 Å². The van der Waals surface area contributed by atoms with Crippen LogP contribution in [-0.2, 0) is 10.0 Å². The van der Waals surface area contributed by atoms with Crippen LogP contribution < -0.4 is 9.04 Å². The first-order valence-corrected chi connectivity index (χ1v) is 10.2. The van der Waals surface area contributed by atoms with E-state index < -0.39 is 16.1 Å². The quantitative estimate of drug-likeness (QED) is 0.562. The number of benzene rings is 3. The van der Waals surface area contributed by atoms with Crippen LogP contribution in [0.2, 0.25) is 5.02 Å². The Balaban J connectivity index is 2.11. The summed E-state index contributed by atoms with van der Waals surface area (Å²) in [7, 11) is -2.26. The molecule has 1 atom stereocenters. The summed E-state index contributed by atoms with van der Waals surface area (Å²) in [6.45, 7) is 1.85. The zero-order valence-electron chi connectivity index (χ0n) is 15.0. The maximum Gasteiger partial charge on any atom is 0.264 e. The molecule has 0 spiro atoms. The summed E-state index contributed by atoms with van der Waals surface area (Å²) in [6, 6.07) is 22.2. The van der Waals surface area contributed by atoms with Crippen LogP contribution in [0.25, 0.3) is 0 Å². The Kier molecular flexibility index (Phi) is 5.73. The van der Waals surface area contributed by atoms with Crippen LogP contribution >= 0.6 is 11.6 Å². The molecule has 0 heterocycles. The Morgan fingerprint density at radius 2 is 1.59 bits per heavy atom. The van der Waals surface area contributed by atoms with Crippen molar-refractivity contribution in [2.45, 2.75) is 17.9 Å². The number of anilines is 1. The first-order valence-electron chi connectivity index (χ1n) is 8.42. The number of hydrogen-bond acceptors (Lipinski definition) is 3. The van der Waals surface area contributed by atoms with Crippen LogP contribution in [0, 0.1) is 0 Å². The molecule has 0 aliphatic heterocycles. The second kappa shape index (κ2) is 8.03. The van der Waals surface area contributed by atoms with Crippen LogP contribution in [0.1, 0.15) is 18.5 Å². The molecule has 0 aromatic heterocycles. The lowest BCUT2D eigenvalue weighted by Crippen LogP contribution is -2.33. The average Bonchev–Trinajstić information content (AvgIpc) is 2.69. The Hall–Kier alpha value is -2.50. The lowest BCUT2D eigenvalue weighted by molar-refractivity contribution is 0.414. The van der Waals surface area contributed by atoms with E-state index in [1.54, 1.807) is 55.6 Å². The van der Waals surface area contributed by atoms with Gasteiger partial charge in [0.1, 0.15) is 5.75 Å². The number of hydrogen-bond donors (Lipinski definition) is 0. The van der Waals surface area contributed by atoms with E-state index in [1.807, 2.05) is 37.3 Å². The molecule has 0 saturated heterocycles. The fraction of sp³-hybridized carbons (Fsp3) is 0.143. The van der Waals surface area contributed by atoms with Crippen LogP contribution in [0.15, 0.2) is 83.8 Å². The fourth-order valence-corrected chi connectivity index (χ4v) is 4.75. The first kappa shape index (κ1) is 19.3. The highest BCUT2D eigenvalue weighted by Gasteiger charge is 2.30. The van der Waals surface area contributed by atoms with Gasteiger partial charge in [0, 0.05) is 5.02 Å². The molecule has 3 aromatic rings. The van der Waals surface area contributed by atoms with Crippen molar-refractivity contribution in [1.29, 1.82) is 0 Å². The number of rotatable bonds is 6. The van der Waals surface area contributed by atoms with Crippen molar-refractivity contribution in [3.63, 3.8) is 0 Å². The summed E-state index contributed by atoms with van der Waals surface area (Å²) < 4.78 is 33.5. The van der Waals surface area contributed by atoms with E-state index in [2.05, 4.69) is 0 Å². The van der Waals surface area contributed by atoms with Crippen molar-refractivity contribution >= 4 is 27.3 Å². The molecule has 0 aliphatic carbocycles. The summed E-state index contributed by atoms with van der Waals surface area (Å²) in [4.78, 5) is 0.195. The van der Waals surface area contributed by atoms with Gasteiger partial charge in [0.15, 0.2) is 0 Å². The van der Waals surface area contributed by atoms with Gasteiger partial charge in [-0.3, -0.25) is 4.31 Å². The van der Waals surface area contributed by atoms with Gasteiger partial charge in [0.2, 0.25) is 0 Å². The molecule has 0 saturated carbocycles. The second-order valence-electron chi connectivity index (χ2n) is 6.04. The third-order valence-corrected chi connectivity index (χ3v) is 6.46. The molecule has 4 nitrogen and oxygen atoms in total. The van der Waals surface area contributed by atoms with Crippen molar-refractivity contribution in [1.82, 2.24) is 0 Å². The van der Waals surface area contributed by atoms with Crippen molar-refractivity contribution in [3.8, 4) is 5.75 Å². The summed E-state index contributed by atoms with van der Waals surface area (Å²) in [5.41, 5.74) is 1.39. The second-order valence-corrected chi connectivity index (χ2v) is 8.29. The zero-order valence-corrected chi connectivity index (χ0v) is 16.6. The largest absolute Gasteiger partial charge is 0.497 e. The van der Waals surface area contributed by atoms with Crippen molar-refractivity contribution in [3.05, 3.63) is 89.4 Å². The molecule has 0 fully saturated rings. The van der Waals surface area contributed by atoms with E-state index in [0.717, 1.165) is 5.56 Å². The lowest BCUT2D eigenvalue weighted by atomic mass is 10.1. The van der Waals surface area contributed by atoms with Gasteiger partial charge < -0.3 is 4.74 Å². The summed E-state index contributed by atoms with van der Waals surface area (Å²) >= 11 is 6.12. The van der Waals surface area contributed by atoms with E-state index in [1.165, 1.54) is 4.31 Å². The summed E-state index contributed by atoms with van der Waals surface area (Å²) in [5.74, 6) is 0.600. The van der Waals surface area contributed by atoms with Crippen molar-refractivity contribution in [2.24, 2.45) is 0 Å². The number of methoxy groups -OCH3 is 1. The first-order chi connectivity index (χ1) is 12.9. The predicted molar refractivity (Wildman–Crippen MR) is 109 cm³/mol. The van der Waals surface area contributed by atoms with Crippen molar-refractivity contribution in [2.75, 3.05) is 11.4 Å². The van der Waals surface area contributed by atoms with E-state index >= 15 is 0 Å². The van der Waals surface area contributed by atoms with Crippen LogP contribution in [-0.4, -0.2) is 15.5 Å². The van der Waals surface area contributed by atoms with Gasteiger partial charge in [-0.15, -0.1) is 0 Å². The highest BCUT2D eigenvalue weighted by molar-refractivity contribution is 7.92. The number of para-hydroxylation sites is 1. The molecular weight excluding hydrogens is 382 g/mol. The molecule has 3 rings (SSSR count). The molecule has 0 amide bonds. The smallest absolute Gasteiger partial charge is 0.264 e. The molecule has 6 heteroatoms. The maximum absolute atomic E-state index is 13.5. The number of ether oxygens (including phenoxy) is 1. The van der Waals surface area contributed by atoms with Gasteiger partial charge in [-0.25, -0.2) is 8.42 Å². The maximum atomic E-state index is 13.5. The lowest BCUT2D eigenvalue weighted by Gasteiger charge is -2.31. The van der Waals surface area contributed by atoms with Gasteiger partial charge in [0.25, 0.3) is 10.0 Å². The van der Waals surface area contributed by atoms with Crippen LogP contribution in [0.5, 0.6) is 5.75 Å². The minimum absolute atomic E-state index is 0.195. The molecule has 0 radical (unpaired) electrons. The Morgan fingerprint density at radius 1 is 0.926 bits per heavy atom. The van der Waals surface area contributed by atoms with Gasteiger partial charge in [0.05, 0.1) is 23.7 Å². The molecular formula is C21H20ClNO3S. The Bertz CT molecular complexity index is 1010. The standard InChI is InChI=1S/C21H20ClNO3S/c1-16(17-7-6-8-18(22)15-17)23(19-9-4-3-5-10-19)27(24,25)21-13-11-20(26-2)12-14-21/h3-16H,1-2H3/t16-/m0/s1. The van der Waals surface area contributed by atoms with Crippen molar-refractivity contribution < 1.29 is 13.2 Å². The van der Waals surface area contributed by atoms with Gasteiger partial charge in [-0.05, 0) is 61.0 Å². The summed E-state index contributed by atoms with van der Waals surface area (Å²) in [5, 5.41) is 0.564. The molecule has 27 heavy (non-hydrogen) atoms. The highest BCUT2D eigenvalue weighted by Crippen LogP contribution is 2.34. The molecule has 0 unspecified atom stereocenters. The monoisotopic (exact) mass is 401 g/mol. The predicted octanol–water partition coefficient (Wildman–Crippen LogP) is 5.31. The molecule has 0 N–H and O–H groups in total. The highest BCUT2D eigenvalue weighted by atomic mass is 35.5. The van der Waals surface area contributed by atoms with Crippen LogP contribution in [0.4, 0.5) is 5.69 Å². The fourth-order valence-electron chi connectivity index (χ4n) is 2.91. The number of nitrogens with zero attached hydrogens (tertiary/aromatic N) is 1. The third-order valence-electron chi connectivity index (χ3n) is 4.31. The summed E-state index contributed by atoms with van der Waals surface area (Å²) in [6.07, 6.45) is 0. The molecule has 3 aromatic carbocycles. The minimum Gasteiger partial charge on any atom is -0.497 e. The normalized spacial score (nSPS) is 12.4. The van der Waals surface area contributed by atoms with Gasteiger partial charge >= 0.3 is 0 Å². The average molecular weight is 402 g/mol. The topological polar surface area (TPSA) is 46.6 Å². The van der Waals surface area contributed by atoms with Gasteiger partial charge in [-0.2, -0.15) is 0 Å². The zero-order chi connectivity index (χ0) is 19.4. The van der Waals surface area contributed by atoms with E-state index in [4.69, 9.17) is 16.3 Å². The van der Waals surface area contributed by atoms with Crippen LogP contribution in [0.3, 0.4) is 0 Å².